The fourth-order valence-corrected chi connectivity index (χ4v) is 1.77. The summed E-state index contributed by atoms with van der Waals surface area (Å²) < 4.78 is 4.95. The van der Waals surface area contributed by atoms with Gasteiger partial charge in [-0.05, 0) is 17.7 Å². The zero-order chi connectivity index (χ0) is 10.8. The normalized spacial score (nSPS) is 20.1. The van der Waals surface area contributed by atoms with Crippen molar-refractivity contribution in [2.24, 2.45) is 0 Å². The van der Waals surface area contributed by atoms with Gasteiger partial charge < -0.3 is 9.64 Å². The lowest BCUT2D eigenvalue weighted by molar-refractivity contribution is -0.137. The second-order valence-electron chi connectivity index (χ2n) is 4.07. The first-order chi connectivity index (χ1) is 7.16. The Morgan fingerprint density at radius 3 is 2.40 bits per heavy atom. The smallest absolute Gasteiger partial charge is 0.306 e. The van der Waals surface area contributed by atoms with Crippen LogP contribution >= 0.6 is 0 Å². The second kappa shape index (κ2) is 3.93. The van der Waals surface area contributed by atoms with Gasteiger partial charge in [0.25, 0.3) is 0 Å². The molecule has 1 aromatic rings. The lowest BCUT2D eigenvalue weighted by atomic mass is 9.98. The number of nitrogens with zero attached hydrogens (tertiary/aromatic N) is 1. The van der Waals surface area contributed by atoms with Crippen LogP contribution in [0.15, 0.2) is 24.3 Å². The third-order valence-electron chi connectivity index (χ3n) is 2.74. The number of ether oxygens (including phenoxy) is 1. The highest BCUT2D eigenvalue weighted by Crippen LogP contribution is 2.27. The molecule has 0 N–H and O–H groups in total. The van der Waals surface area contributed by atoms with Crippen LogP contribution in [0.2, 0.25) is 0 Å². The molecule has 0 spiro atoms. The summed E-state index contributed by atoms with van der Waals surface area (Å²) in [5.41, 5.74) is 2.36. The molecule has 1 unspecified atom stereocenters. The minimum absolute atomic E-state index is 0.0864. The van der Waals surface area contributed by atoms with Crippen molar-refractivity contribution in [3.8, 4) is 0 Å². The Balaban J connectivity index is 2.13. The van der Waals surface area contributed by atoms with Gasteiger partial charge in [0.05, 0.1) is 13.0 Å². The molecule has 15 heavy (non-hydrogen) atoms. The van der Waals surface area contributed by atoms with Gasteiger partial charge in [0.2, 0.25) is 0 Å². The summed E-state index contributed by atoms with van der Waals surface area (Å²) in [4.78, 5) is 13.0. The largest absolute Gasteiger partial charge is 0.465 e. The Kier molecular flexibility index (Phi) is 2.62. The number of esters is 1. The number of hydrogen-bond donors (Lipinski definition) is 0. The van der Waals surface area contributed by atoms with Gasteiger partial charge in [-0.3, -0.25) is 4.79 Å². The molecule has 1 saturated heterocycles. The number of rotatable bonds is 2. The highest BCUT2D eigenvalue weighted by Gasteiger charge is 2.24. The number of benzene rings is 1. The second-order valence-corrected chi connectivity index (χ2v) is 4.07. The minimum Gasteiger partial charge on any atom is -0.465 e. The van der Waals surface area contributed by atoms with Crippen molar-refractivity contribution >= 4 is 11.7 Å². The minimum atomic E-state index is -0.0864. The van der Waals surface area contributed by atoms with Crippen molar-refractivity contribution in [1.29, 1.82) is 0 Å². The van der Waals surface area contributed by atoms with Crippen LogP contribution in [-0.2, 0) is 9.53 Å². The summed E-state index contributed by atoms with van der Waals surface area (Å²) in [6.45, 7) is 0.528. The number of hydrogen-bond acceptors (Lipinski definition) is 3. The van der Waals surface area contributed by atoms with Crippen LogP contribution in [0.1, 0.15) is 17.9 Å². The van der Waals surface area contributed by atoms with E-state index in [0.29, 0.717) is 13.0 Å². The van der Waals surface area contributed by atoms with Crippen LogP contribution in [0.5, 0.6) is 0 Å². The van der Waals surface area contributed by atoms with Crippen LogP contribution in [0, 0.1) is 0 Å². The third-order valence-corrected chi connectivity index (χ3v) is 2.74. The molecule has 1 aliphatic rings. The van der Waals surface area contributed by atoms with E-state index in [1.165, 1.54) is 11.3 Å². The number of carbonyl (C=O) groups is 1. The van der Waals surface area contributed by atoms with Crippen LogP contribution in [0.25, 0.3) is 0 Å². The van der Waals surface area contributed by atoms with Crippen molar-refractivity contribution in [3.63, 3.8) is 0 Å². The number of carbonyl (C=O) groups excluding carboxylic acids is 1. The maximum Gasteiger partial charge on any atom is 0.306 e. The van der Waals surface area contributed by atoms with E-state index in [4.69, 9.17) is 4.74 Å². The van der Waals surface area contributed by atoms with Gasteiger partial charge in [0.15, 0.2) is 0 Å². The molecule has 1 heterocycles. The topological polar surface area (TPSA) is 29.5 Å². The van der Waals surface area contributed by atoms with Crippen molar-refractivity contribution in [2.45, 2.75) is 12.3 Å². The van der Waals surface area contributed by atoms with E-state index in [1.54, 1.807) is 0 Å². The molecule has 0 saturated carbocycles. The van der Waals surface area contributed by atoms with Crippen molar-refractivity contribution in [2.75, 3.05) is 25.6 Å². The molecular weight excluding hydrogens is 190 g/mol. The predicted molar refractivity (Wildman–Crippen MR) is 59.1 cm³/mol. The van der Waals surface area contributed by atoms with Gasteiger partial charge in [0.1, 0.15) is 0 Å². The molecule has 80 valence electrons. The van der Waals surface area contributed by atoms with Gasteiger partial charge in [-0.2, -0.15) is 0 Å². The number of anilines is 1. The first-order valence-corrected chi connectivity index (χ1v) is 5.10. The summed E-state index contributed by atoms with van der Waals surface area (Å²) in [6, 6.07) is 8.28. The van der Waals surface area contributed by atoms with Gasteiger partial charge in [-0.1, -0.05) is 12.1 Å². The summed E-state index contributed by atoms with van der Waals surface area (Å²) >= 11 is 0. The standard InChI is InChI=1S/C12H15NO2/c1-13(2)11-5-3-9(4-6-11)10-7-12(14)15-8-10/h3-6,10H,7-8H2,1-2H3. The molecule has 3 heteroatoms. The molecule has 0 radical (unpaired) electrons. The van der Waals surface area contributed by atoms with E-state index in [2.05, 4.69) is 29.2 Å². The van der Waals surface area contributed by atoms with Gasteiger partial charge in [0, 0.05) is 25.7 Å². The van der Waals surface area contributed by atoms with Crippen molar-refractivity contribution < 1.29 is 9.53 Å². The fourth-order valence-electron chi connectivity index (χ4n) is 1.77. The Hall–Kier alpha value is -1.51. The highest BCUT2D eigenvalue weighted by molar-refractivity contribution is 5.72. The zero-order valence-corrected chi connectivity index (χ0v) is 9.06. The van der Waals surface area contributed by atoms with E-state index >= 15 is 0 Å². The Morgan fingerprint density at radius 1 is 1.27 bits per heavy atom. The van der Waals surface area contributed by atoms with Crippen LogP contribution in [0.3, 0.4) is 0 Å². The lowest BCUT2D eigenvalue weighted by Crippen LogP contribution is -2.08. The first kappa shape index (κ1) is 10.0. The van der Waals surface area contributed by atoms with Crippen LogP contribution in [-0.4, -0.2) is 26.7 Å². The monoisotopic (exact) mass is 205 g/mol. The molecule has 1 aromatic carbocycles. The molecule has 0 aromatic heterocycles. The molecule has 2 rings (SSSR count). The van der Waals surface area contributed by atoms with E-state index in [0.717, 1.165) is 0 Å². The van der Waals surface area contributed by atoms with Gasteiger partial charge in [-0.25, -0.2) is 0 Å². The summed E-state index contributed by atoms with van der Waals surface area (Å²) in [6.07, 6.45) is 0.515. The molecule has 0 bridgehead atoms. The summed E-state index contributed by atoms with van der Waals surface area (Å²) in [7, 11) is 4.02. The Morgan fingerprint density at radius 2 is 1.93 bits per heavy atom. The molecule has 1 aliphatic heterocycles. The molecule has 3 nitrogen and oxygen atoms in total. The van der Waals surface area contributed by atoms with E-state index < -0.39 is 0 Å². The highest BCUT2D eigenvalue weighted by atomic mass is 16.5. The molecular formula is C12H15NO2. The van der Waals surface area contributed by atoms with E-state index in [9.17, 15) is 4.79 Å². The first-order valence-electron chi connectivity index (χ1n) is 5.10. The molecule has 1 atom stereocenters. The average Bonchev–Trinajstić information content (AvgIpc) is 2.65. The quantitative estimate of drug-likeness (QED) is 0.689. The van der Waals surface area contributed by atoms with E-state index in [-0.39, 0.29) is 11.9 Å². The zero-order valence-electron chi connectivity index (χ0n) is 9.06. The maximum atomic E-state index is 11.0. The lowest BCUT2D eigenvalue weighted by Gasteiger charge is -2.13. The predicted octanol–water partition coefficient (Wildman–Crippen LogP) is 1.78. The van der Waals surface area contributed by atoms with Gasteiger partial charge in [-0.15, -0.1) is 0 Å². The summed E-state index contributed by atoms with van der Waals surface area (Å²) in [5, 5.41) is 0. The maximum absolute atomic E-state index is 11.0. The fraction of sp³-hybridized carbons (Fsp3) is 0.417. The summed E-state index contributed by atoms with van der Waals surface area (Å²) in [5.74, 6) is 0.158. The Labute approximate surface area is 89.7 Å². The molecule has 1 fully saturated rings. The third kappa shape index (κ3) is 2.12. The SMILES string of the molecule is CN(C)c1ccc(C2COC(=O)C2)cc1. The molecule has 0 aliphatic carbocycles. The average molecular weight is 205 g/mol. The van der Waals surface area contributed by atoms with Gasteiger partial charge >= 0.3 is 5.97 Å². The molecule has 0 amide bonds. The van der Waals surface area contributed by atoms with Crippen molar-refractivity contribution in [3.05, 3.63) is 29.8 Å². The van der Waals surface area contributed by atoms with E-state index in [1.807, 2.05) is 14.1 Å². The van der Waals surface area contributed by atoms with Crippen LogP contribution in [0.4, 0.5) is 5.69 Å². The van der Waals surface area contributed by atoms with Crippen molar-refractivity contribution in [1.82, 2.24) is 0 Å². The number of cyclic esters (lactones) is 1. The van der Waals surface area contributed by atoms with Crippen LogP contribution < -0.4 is 4.90 Å². The Bertz CT molecular complexity index is 356.